The summed E-state index contributed by atoms with van der Waals surface area (Å²) in [6.45, 7) is 6.67. The van der Waals surface area contributed by atoms with Crippen LogP contribution >= 0.6 is 0 Å². The van der Waals surface area contributed by atoms with Crippen LogP contribution < -0.4 is 20.3 Å². The third-order valence-corrected chi connectivity index (χ3v) is 9.62. The molecule has 0 aliphatic heterocycles. The first kappa shape index (κ1) is 35.1. The number of hydrogen-bond acceptors (Lipinski definition) is 8. The summed E-state index contributed by atoms with van der Waals surface area (Å²) in [5, 5.41) is 3.18. The number of anilines is 1. The molecule has 0 saturated heterocycles. The van der Waals surface area contributed by atoms with Crippen LogP contribution in [0.1, 0.15) is 35.5 Å². The summed E-state index contributed by atoms with van der Waals surface area (Å²) in [5.41, 5.74) is 0.851. The van der Waals surface area contributed by atoms with Crippen LogP contribution in [0.2, 0.25) is 0 Å². The molecule has 11 nitrogen and oxygen atoms in total. The number of pyridine rings is 1. The molecule has 0 saturated carbocycles. The Balaban J connectivity index is 1.14. The van der Waals surface area contributed by atoms with Crippen LogP contribution in [-0.2, 0) is 21.3 Å². The van der Waals surface area contributed by atoms with Gasteiger partial charge in [-0.15, -0.1) is 0 Å². The van der Waals surface area contributed by atoms with Gasteiger partial charge in [0.2, 0.25) is 0 Å². The summed E-state index contributed by atoms with van der Waals surface area (Å²) in [7, 11) is -2.34. The van der Waals surface area contributed by atoms with E-state index in [0.717, 1.165) is 11.6 Å². The quantitative estimate of drug-likeness (QED) is 0.141. The van der Waals surface area contributed by atoms with Gasteiger partial charge in [-0.3, -0.25) is 23.4 Å². The highest BCUT2D eigenvalue weighted by Gasteiger charge is 2.29. The van der Waals surface area contributed by atoms with Crippen molar-refractivity contribution in [2.24, 2.45) is 7.05 Å². The van der Waals surface area contributed by atoms with E-state index in [4.69, 9.17) is 13.7 Å². The van der Waals surface area contributed by atoms with Crippen molar-refractivity contribution in [2.45, 2.75) is 38.2 Å². The van der Waals surface area contributed by atoms with Crippen LogP contribution in [0.25, 0.3) is 16.6 Å². The number of carbonyl (C=O) groups is 1. The molecule has 0 aliphatic carbocycles. The molecule has 6 rings (SSSR count). The molecular weight excluding hydrogens is 676 g/mol. The lowest BCUT2D eigenvalue weighted by molar-refractivity contribution is 0.0584. The van der Waals surface area contributed by atoms with Crippen molar-refractivity contribution in [3.05, 3.63) is 136 Å². The number of halogens is 1. The number of para-hydroxylation sites is 1. The molecule has 0 bridgehead atoms. The highest BCUT2D eigenvalue weighted by Crippen LogP contribution is 2.33. The summed E-state index contributed by atoms with van der Waals surface area (Å²) in [4.78, 5) is 30.9. The molecule has 4 aromatic carbocycles. The van der Waals surface area contributed by atoms with E-state index in [0.29, 0.717) is 33.8 Å². The number of fused-ring (bicyclic) bond motifs is 1. The van der Waals surface area contributed by atoms with Crippen molar-refractivity contribution in [1.29, 1.82) is 0 Å². The van der Waals surface area contributed by atoms with Crippen LogP contribution in [0, 0.1) is 19.7 Å². The van der Waals surface area contributed by atoms with Crippen LogP contribution in [0.3, 0.4) is 0 Å². The maximum atomic E-state index is 15.3. The van der Waals surface area contributed by atoms with E-state index in [1.54, 1.807) is 93.2 Å². The summed E-state index contributed by atoms with van der Waals surface area (Å²) in [5.74, 6) is -0.788. The lowest BCUT2D eigenvalue weighted by Crippen LogP contribution is -2.34. The average molecular weight is 711 g/mol. The highest BCUT2D eigenvalue weighted by molar-refractivity contribution is 7.86. The predicted octanol–water partition coefficient (Wildman–Crippen LogP) is 7.09. The first-order valence-corrected chi connectivity index (χ1v) is 17.3. The second-order valence-corrected chi connectivity index (χ2v) is 14.1. The zero-order chi connectivity index (χ0) is 36.5. The van der Waals surface area contributed by atoms with E-state index in [9.17, 15) is 18.0 Å². The number of aryl methyl sites for hydroxylation is 1. The highest BCUT2D eigenvalue weighted by atomic mass is 32.2. The Hall–Kier alpha value is -5.79. The Bertz CT molecular complexity index is 2420. The van der Waals surface area contributed by atoms with Gasteiger partial charge in [-0.05, 0) is 82.3 Å². The number of nitrogens with one attached hydrogen (secondary N) is 1. The number of rotatable bonds is 11. The van der Waals surface area contributed by atoms with Crippen molar-refractivity contribution in [1.82, 2.24) is 14.3 Å². The van der Waals surface area contributed by atoms with E-state index in [-0.39, 0.29) is 28.5 Å². The molecule has 13 heteroatoms. The van der Waals surface area contributed by atoms with Crippen LogP contribution in [0.4, 0.5) is 10.1 Å². The normalized spacial score (nSPS) is 11.8. The minimum absolute atomic E-state index is 0.0522. The summed E-state index contributed by atoms with van der Waals surface area (Å²) >= 11 is 0. The van der Waals surface area contributed by atoms with Gasteiger partial charge in [0.1, 0.15) is 29.3 Å². The van der Waals surface area contributed by atoms with Crippen molar-refractivity contribution in [2.75, 3.05) is 11.9 Å². The van der Waals surface area contributed by atoms with Gasteiger partial charge >= 0.3 is 0 Å². The topological polar surface area (TPSA) is 131 Å². The number of hydrogen-bond donors (Lipinski definition) is 1. The van der Waals surface area contributed by atoms with Gasteiger partial charge < -0.3 is 14.8 Å². The number of ether oxygens (including phenoxy) is 2. The molecule has 1 amide bonds. The maximum absolute atomic E-state index is 15.3. The fourth-order valence-electron chi connectivity index (χ4n) is 5.41. The molecule has 2 heterocycles. The molecule has 51 heavy (non-hydrogen) atoms. The van der Waals surface area contributed by atoms with Crippen LogP contribution in [-0.4, -0.2) is 40.9 Å². The summed E-state index contributed by atoms with van der Waals surface area (Å²) in [6, 6.07) is 25.9. The molecule has 262 valence electrons. The van der Waals surface area contributed by atoms with E-state index in [1.807, 2.05) is 13.0 Å². The Kier molecular flexibility index (Phi) is 9.52. The second-order valence-electron chi connectivity index (χ2n) is 12.5. The van der Waals surface area contributed by atoms with E-state index in [1.165, 1.54) is 35.1 Å². The molecule has 1 N–H and O–H groups in total. The van der Waals surface area contributed by atoms with Gasteiger partial charge in [-0.2, -0.15) is 8.42 Å². The monoisotopic (exact) mass is 710 g/mol. The third-order valence-electron chi connectivity index (χ3n) is 8.10. The second kappa shape index (κ2) is 13.8. The number of aromatic nitrogens is 3. The summed E-state index contributed by atoms with van der Waals surface area (Å²) < 4.78 is 61.2. The maximum Gasteiger partial charge on any atom is 0.297 e. The largest absolute Gasteiger partial charge is 0.490 e. The van der Waals surface area contributed by atoms with Crippen molar-refractivity contribution < 1.29 is 31.3 Å². The summed E-state index contributed by atoms with van der Waals surface area (Å²) in [6.07, 6.45) is 1.50. The number of nitrogens with zero attached hydrogens (tertiary/aromatic N) is 3. The molecular formula is C38H35FN4O7S. The van der Waals surface area contributed by atoms with Gasteiger partial charge in [0, 0.05) is 36.5 Å². The first-order chi connectivity index (χ1) is 24.2. The van der Waals surface area contributed by atoms with Gasteiger partial charge in [0.25, 0.3) is 21.6 Å². The van der Waals surface area contributed by atoms with Crippen LogP contribution in [0.15, 0.2) is 113 Å². The smallest absolute Gasteiger partial charge is 0.297 e. The zero-order valence-electron chi connectivity index (χ0n) is 28.5. The average Bonchev–Trinajstić information content (AvgIpc) is 3.31. The van der Waals surface area contributed by atoms with Gasteiger partial charge in [-0.1, -0.05) is 35.9 Å². The fraction of sp³-hybridized carbons (Fsp3) is 0.184. The van der Waals surface area contributed by atoms with Gasteiger partial charge in [0.05, 0.1) is 21.8 Å². The van der Waals surface area contributed by atoms with Crippen LogP contribution in [0.5, 0.6) is 17.2 Å². The first-order valence-electron chi connectivity index (χ1n) is 15.9. The fourth-order valence-corrected chi connectivity index (χ4v) is 6.62. The van der Waals surface area contributed by atoms with E-state index >= 15 is 4.39 Å². The lowest BCUT2D eigenvalue weighted by Gasteiger charge is -2.24. The molecule has 0 fully saturated rings. The van der Waals surface area contributed by atoms with Crippen molar-refractivity contribution >= 4 is 32.6 Å². The molecule has 2 aromatic heterocycles. The third kappa shape index (κ3) is 7.54. The number of amides is 1. The van der Waals surface area contributed by atoms with E-state index < -0.39 is 33.0 Å². The van der Waals surface area contributed by atoms with Gasteiger partial charge in [0.15, 0.2) is 11.6 Å². The zero-order valence-corrected chi connectivity index (χ0v) is 29.3. The molecule has 6 aromatic rings. The molecule has 0 unspecified atom stereocenters. The molecule has 0 aliphatic rings. The SMILES string of the molecule is Cc1ccc(S(=O)(=O)OC(C)(C)COc2ccc3c(Oc4ccc(NC(=O)c5c(C)n(C)n(-c6ccccc6)c5=O)cc4F)ccnc3c2)cc1. The molecule has 0 radical (unpaired) electrons. The van der Waals surface area contributed by atoms with E-state index in [2.05, 4.69) is 10.3 Å². The van der Waals surface area contributed by atoms with Gasteiger partial charge in [-0.25, -0.2) is 9.07 Å². The molecule has 0 atom stereocenters. The standard InChI is InChI=1S/C38H35FN4O7S/c1-24-11-15-29(16-12-24)51(46,47)50-38(3,4)23-48-28-14-17-30-32(22-28)40-20-19-33(30)49-34-18-13-26(21-31(34)39)41-36(44)35-25(2)42(5)43(37(35)45)27-9-7-6-8-10-27/h6-22H,23H2,1-5H3,(H,41,44). The predicted molar refractivity (Wildman–Crippen MR) is 191 cm³/mol. The Morgan fingerprint density at radius 1 is 0.922 bits per heavy atom. The lowest BCUT2D eigenvalue weighted by atomic mass is 10.1. The molecule has 0 spiro atoms. The number of carbonyl (C=O) groups excluding carboxylic acids is 1. The van der Waals surface area contributed by atoms with Crippen molar-refractivity contribution in [3.8, 4) is 22.9 Å². The van der Waals surface area contributed by atoms with Crippen molar-refractivity contribution in [3.63, 3.8) is 0 Å². The minimum Gasteiger partial charge on any atom is -0.490 e. The number of benzene rings is 4. The Morgan fingerprint density at radius 3 is 2.35 bits per heavy atom. The Labute approximate surface area is 294 Å². The minimum atomic E-state index is -4.02. The Morgan fingerprint density at radius 2 is 1.65 bits per heavy atom.